The Kier molecular flexibility index (Phi) is 242. The normalized spacial score (nSPS) is 5.73. The van der Waals surface area contributed by atoms with E-state index in [9.17, 15) is 0 Å². The number of nitrogens with two attached hydrogens (primary N) is 1. The van der Waals surface area contributed by atoms with Crippen molar-refractivity contribution in [2.45, 2.75) is 41.5 Å². The molecule has 2 nitrogen and oxygen atoms in total. The number of nitrogens with one attached hydrogen (secondary N) is 1. The lowest BCUT2D eigenvalue weighted by Gasteiger charge is -1.75. The molecule has 0 saturated carbocycles. The van der Waals surface area contributed by atoms with E-state index in [1.807, 2.05) is 41.5 Å². The zero-order valence-electron chi connectivity index (χ0n) is 9.23. The third-order valence-electron chi connectivity index (χ3n) is 0.263. The summed E-state index contributed by atoms with van der Waals surface area (Å²) in [4.78, 5) is 0. The Morgan fingerprint density at radius 3 is 1.18 bits per heavy atom. The van der Waals surface area contributed by atoms with Gasteiger partial charge in [0, 0.05) is 19.4 Å². The monoisotopic (exact) mass is 162 g/mol. The van der Waals surface area contributed by atoms with E-state index in [0.29, 0.717) is 0 Å². The Hall–Kier alpha value is -0.660. The third-order valence-corrected chi connectivity index (χ3v) is 0.263. The molecule has 0 aliphatic rings. The van der Waals surface area contributed by atoms with Crippen LogP contribution >= 0.6 is 0 Å². The molecule has 0 atom stereocenters. The van der Waals surface area contributed by atoms with Gasteiger partial charge in [-0.25, -0.2) is 0 Å². The van der Waals surface area contributed by atoms with Gasteiger partial charge < -0.3 is 11.1 Å². The van der Waals surface area contributed by atoms with Gasteiger partial charge in [-0.1, -0.05) is 41.5 Å². The van der Waals surface area contributed by atoms with Crippen molar-refractivity contribution in [2.75, 3.05) is 7.05 Å². The molecule has 0 radical (unpaired) electrons. The lowest BCUT2D eigenvalue weighted by molar-refractivity contribution is 1.09. The highest BCUT2D eigenvalue weighted by Gasteiger charge is 1.45. The molecular weight excluding hydrogens is 136 g/mol. The molecule has 0 bridgehead atoms. The van der Waals surface area contributed by atoms with E-state index >= 15 is 0 Å². The zero-order chi connectivity index (χ0) is 10.1. The summed E-state index contributed by atoms with van der Waals surface area (Å²) in [5.74, 6) is 0. The third kappa shape index (κ3) is 280. The molecule has 0 aromatic heterocycles. The van der Waals surface area contributed by atoms with Gasteiger partial charge in [-0.05, 0) is 0 Å². The minimum atomic E-state index is 1.44. The fourth-order valence-electron chi connectivity index (χ4n) is 0.0962. The second kappa shape index (κ2) is 119. The van der Waals surface area contributed by atoms with Crippen molar-refractivity contribution in [1.82, 2.24) is 5.32 Å². The minimum Gasteiger partial charge on any atom is -0.403 e. The summed E-state index contributed by atoms with van der Waals surface area (Å²) in [7, 11) is 1.80. The van der Waals surface area contributed by atoms with Crippen molar-refractivity contribution in [3.05, 3.63) is 12.4 Å². The molecule has 11 heavy (non-hydrogen) atoms. The van der Waals surface area contributed by atoms with Gasteiger partial charge in [0.2, 0.25) is 0 Å². The van der Waals surface area contributed by atoms with Gasteiger partial charge in [0.25, 0.3) is 0 Å². The van der Waals surface area contributed by atoms with E-state index in [1.54, 1.807) is 13.2 Å². The molecule has 0 saturated heterocycles. The van der Waals surface area contributed by atoms with Crippen LogP contribution in [-0.2, 0) is 0 Å². The van der Waals surface area contributed by atoms with Crippen LogP contribution in [0.2, 0.25) is 0 Å². The first-order valence-electron chi connectivity index (χ1n) is 4.46. The summed E-state index contributed by atoms with van der Waals surface area (Å²) >= 11 is 0. The quantitative estimate of drug-likeness (QED) is 0.622. The SMILES string of the molecule is CC.CC.CC.CN/C=C\N. The Morgan fingerprint density at radius 1 is 0.909 bits per heavy atom. The molecule has 0 aliphatic heterocycles. The molecule has 0 spiro atoms. The van der Waals surface area contributed by atoms with Gasteiger partial charge in [-0.15, -0.1) is 0 Å². The van der Waals surface area contributed by atoms with E-state index < -0.39 is 0 Å². The van der Waals surface area contributed by atoms with Crippen LogP contribution in [0, 0.1) is 0 Å². The molecule has 0 heterocycles. The van der Waals surface area contributed by atoms with Gasteiger partial charge in [-0.3, -0.25) is 0 Å². The molecule has 3 N–H and O–H groups in total. The van der Waals surface area contributed by atoms with E-state index in [2.05, 4.69) is 5.32 Å². The zero-order valence-corrected chi connectivity index (χ0v) is 9.23. The molecule has 0 aromatic carbocycles. The van der Waals surface area contributed by atoms with Crippen molar-refractivity contribution in [3.63, 3.8) is 0 Å². The summed E-state index contributed by atoms with van der Waals surface area (Å²) < 4.78 is 0. The predicted molar refractivity (Wildman–Crippen MR) is 56.4 cm³/mol. The molecule has 2 heteroatoms. The Bertz CT molecular complexity index is 34.5. The number of hydrogen-bond acceptors (Lipinski definition) is 2. The summed E-state index contributed by atoms with van der Waals surface area (Å²) in [6.07, 6.45) is 3.10. The topological polar surface area (TPSA) is 38.0 Å². The summed E-state index contributed by atoms with van der Waals surface area (Å²) in [6, 6.07) is 0. The largest absolute Gasteiger partial charge is 0.403 e. The summed E-state index contributed by atoms with van der Waals surface area (Å²) in [6.45, 7) is 12.0. The molecule has 0 rings (SSSR count). The van der Waals surface area contributed by atoms with Crippen LogP contribution in [0.1, 0.15) is 41.5 Å². The highest BCUT2D eigenvalue weighted by molar-refractivity contribution is 4.68. The maximum absolute atomic E-state index is 4.90. The fraction of sp³-hybridized carbons (Fsp3) is 0.778. The average Bonchev–Trinajstić information content (AvgIpc) is 2.16. The van der Waals surface area contributed by atoms with Gasteiger partial charge >= 0.3 is 0 Å². The van der Waals surface area contributed by atoms with E-state index in [0.717, 1.165) is 0 Å². The van der Waals surface area contributed by atoms with Crippen LogP contribution in [0.25, 0.3) is 0 Å². The van der Waals surface area contributed by atoms with Crippen LogP contribution in [0.15, 0.2) is 12.4 Å². The molecule has 0 aromatic rings. The lowest BCUT2D eigenvalue weighted by Crippen LogP contribution is -1.93. The molecule has 0 unspecified atom stereocenters. The molecular formula is C9H26N2. The lowest BCUT2D eigenvalue weighted by atomic mass is 10.9. The second-order valence-electron chi connectivity index (χ2n) is 0.648. The van der Waals surface area contributed by atoms with Crippen molar-refractivity contribution < 1.29 is 0 Å². The Labute approximate surface area is 72.9 Å². The standard InChI is InChI=1S/C3H8N2.3C2H6/c1-5-3-2-4;3*1-2/h2-3,5H,4H2,1H3;3*1-2H3/b3-2-;;;. The van der Waals surface area contributed by atoms with Gasteiger partial charge in [0.15, 0.2) is 0 Å². The van der Waals surface area contributed by atoms with Crippen LogP contribution < -0.4 is 11.1 Å². The van der Waals surface area contributed by atoms with Crippen LogP contribution in [0.3, 0.4) is 0 Å². The van der Waals surface area contributed by atoms with E-state index in [4.69, 9.17) is 5.73 Å². The molecule has 0 amide bonds. The molecule has 72 valence electrons. The first-order chi connectivity index (χ1) is 5.41. The van der Waals surface area contributed by atoms with Crippen molar-refractivity contribution >= 4 is 0 Å². The minimum absolute atomic E-state index is 1.44. The van der Waals surface area contributed by atoms with Crippen molar-refractivity contribution in [1.29, 1.82) is 0 Å². The first-order valence-corrected chi connectivity index (χ1v) is 4.46. The van der Waals surface area contributed by atoms with Crippen LogP contribution in [-0.4, -0.2) is 7.05 Å². The van der Waals surface area contributed by atoms with Gasteiger partial charge in [-0.2, -0.15) is 0 Å². The van der Waals surface area contributed by atoms with Crippen molar-refractivity contribution in [2.24, 2.45) is 5.73 Å². The number of rotatable bonds is 1. The number of hydrogen-bond donors (Lipinski definition) is 2. The Morgan fingerprint density at radius 2 is 1.18 bits per heavy atom. The van der Waals surface area contributed by atoms with Crippen LogP contribution in [0.5, 0.6) is 0 Å². The summed E-state index contributed by atoms with van der Waals surface area (Å²) in [5, 5.41) is 2.71. The van der Waals surface area contributed by atoms with Gasteiger partial charge in [0.1, 0.15) is 0 Å². The fourth-order valence-corrected chi connectivity index (χ4v) is 0.0962. The van der Waals surface area contributed by atoms with Gasteiger partial charge in [0.05, 0.1) is 0 Å². The van der Waals surface area contributed by atoms with Crippen molar-refractivity contribution in [3.8, 4) is 0 Å². The van der Waals surface area contributed by atoms with Crippen LogP contribution in [0.4, 0.5) is 0 Å². The smallest absolute Gasteiger partial charge is 0.0119 e. The molecule has 0 aliphatic carbocycles. The summed E-state index contributed by atoms with van der Waals surface area (Å²) in [5.41, 5.74) is 4.90. The molecule has 0 fully saturated rings. The maximum Gasteiger partial charge on any atom is 0.0119 e. The van der Waals surface area contributed by atoms with E-state index in [1.165, 1.54) is 6.20 Å². The Balaban J connectivity index is -0.0000000350. The predicted octanol–water partition coefficient (Wildman–Crippen LogP) is 2.71. The maximum atomic E-state index is 4.90. The highest BCUT2D eigenvalue weighted by Crippen LogP contribution is 1.41. The highest BCUT2D eigenvalue weighted by atomic mass is 14.8. The average molecular weight is 162 g/mol. The second-order valence-corrected chi connectivity index (χ2v) is 0.648. The van der Waals surface area contributed by atoms with E-state index in [-0.39, 0.29) is 0 Å². The first kappa shape index (κ1) is 22.4.